The molecule has 0 atom stereocenters. The second-order valence-electron chi connectivity index (χ2n) is 2.35. The first kappa shape index (κ1) is 17.5. The molecule has 0 rings (SSSR count). The molecule has 0 aromatic heterocycles. The van der Waals surface area contributed by atoms with Crippen molar-refractivity contribution >= 4 is 5.91 Å². The highest BCUT2D eigenvalue weighted by molar-refractivity contribution is 5.75. The topological polar surface area (TPSA) is 20.3 Å². The molecule has 2 nitrogen and oxygen atoms in total. The molecule has 0 radical (unpaired) electrons. The summed E-state index contributed by atoms with van der Waals surface area (Å²) in [6.45, 7) is 10.1. The van der Waals surface area contributed by atoms with E-state index in [0.29, 0.717) is 6.42 Å². The molecule has 0 bridgehead atoms. The highest BCUT2D eigenvalue weighted by Crippen LogP contribution is 1.81. The van der Waals surface area contributed by atoms with Gasteiger partial charge in [0.05, 0.1) is 0 Å². The fraction of sp³-hybridized carbons (Fsp3) is 0.900. The Hall–Kier alpha value is -0.530. The van der Waals surface area contributed by atoms with Gasteiger partial charge < -0.3 is 4.90 Å². The van der Waals surface area contributed by atoms with Crippen molar-refractivity contribution in [2.75, 3.05) is 14.1 Å². The van der Waals surface area contributed by atoms with Crippen LogP contribution in [0, 0.1) is 0 Å². The van der Waals surface area contributed by atoms with E-state index >= 15 is 0 Å². The molecule has 0 saturated carbocycles. The smallest absolute Gasteiger partial charge is 0.221 e. The third kappa shape index (κ3) is 22.7. The predicted octanol–water partition coefficient (Wildman–Crippen LogP) is 2.93. The quantitative estimate of drug-likeness (QED) is 0.600. The summed E-state index contributed by atoms with van der Waals surface area (Å²) in [6.07, 6.45) is 1.85. The molecule has 0 fully saturated rings. The maximum atomic E-state index is 10.4. The van der Waals surface area contributed by atoms with Gasteiger partial charge in [0.2, 0.25) is 5.91 Å². The number of hydrogen-bond acceptors (Lipinski definition) is 1. The molecule has 0 heterocycles. The van der Waals surface area contributed by atoms with Gasteiger partial charge in [0.1, 0.15) is 0 Å². The lowest BCUT2D eigenvalue weighted by Gasteiger charge is -2.05. The van der Waals surface area contributed by atoms with Crippen LogP contribution in [0.5, 0.6) is 0 Å². The lowest BCUT2D eigenvalue weighted by atomic mass is 10.4. The zero-order valence-electron chi connectivity index (χ0n) is 9.77. The van der Waals surface area contributed by atoms with Crippen molar-refractivity contribution in [3.8, 4) is 0 Å². The van der Waals surface area contributed by atoms with Gasteiger partial charge in [-0.15, -0.1) is 0 Å². The van der Waals surface area contributed by atoms with Crippen LogP contribution in [-0.4, -0.2) is 24.9 Å². The first-order chi connectivity index (χ1) is 5.59. The van der Waals surface area contributed by atoms with Crippen molar-refractivity contribution in [3.05, 3.63) is 0 Å². The monoisotopic (exact) mass is 175 g/mol. The van der Waals surface area contributed by atoms with Gasteiger partial charge in [0.15, 0.2) is 0 Å². The minimum absolute atomic E-state index is 0.181. The van der Waals surface area contributed by atoms with Crippen LogP contribution in [0.25, 0.3) is 0 Å². The van der Waals surface area contributed by atoms with Gasteiger partial charge in [-0.3, -0.25) is 4.79 Å². The zero-order valence-corrected chi connectivity index (χ0v) is 9.77. The fourth-order valence-corrected chi connectivity index (χ4v) is 0.316. The van der Waals surface area contributed by atoms with E-state index in [1.807, 2.05) is 20.8 Å². The van der Waals surface area contributed by atoms with Crippen molar-refractivity contribution < 1.29 is 4.79 Å². The maximum absolute atomic E-state index is 10.4. The van der Waals surface area contributed by atoms with E-state index in [2.05, 4.69) is 13.8 Å². The summed E-state index contributed by atoms with van der Waals surface area (Å²) >= 11 is 0. The molecule has 0 saturated heterocycles. The van der Waals surface area contributed by atoms with Gasteiger partial charge in [-0.05, 0) is 0 Å². The summed E-state index contributed by atoms with van der Waals surface area (Å²) in [4.78, 5) is 12.0. The first-order valence-electron chi connectivity index (χ1n) is 4.80. The Labute approximate surface area is 78.0 Å². The molecule has 0 aromatic carbocycles. The van der Waals surface area contributed by atoms with Crippen molar-refractivity contribution in [1.29, 1.82) is 0 Å². The molecular formula is C10H25NO. The lowest BCUT2D eigenvalue weighted by molar-refractivity contribution is -0.128. The van der Waals surface area contributed by atoms with E-state index in [0.717, 1.165) is 0 Å². The second-order valence-corrected chi connectivity index (χ2v) is 2.35. The Morgan fingerprint density at radius 1 is 1.08 bits per heavy atom. The molecule has 0 aliphatic carbocycles. The summed E-state index contributed by atoms with van der Waals surface area (Å²) in [5.74, 6) is 0.181. The molecule has 1 amide bonds. The van der Waals surface area contributed by atoms with Crippen molar-refractivity contribution in [2.24, 2.45) is 0 Å². The minimum atomic E-state index is 0.181. The number of carbonyl (C=O) groups excluding carboxylic acids is 1. The minimum Gasteiger partial charge on any atom is -0.349 e. The third-order valence-electron chi connectivity index (χ3n) is 0.801. The summed E-state index contributed by atoms with van der Waals surface area (Å²) in [5, 5.41) is 0. The van der Waals surface area contributed by atoms with Crippen LogP contribution >= 0.6 is 0 Å². The average molecular weight is 175 g/mol. The number of hydrogen-bond donors (Lipinski definition) is 0. The van der Waals surface area contributed by atoms with Crippen LogP contribution in [0.4, 0.5) is 0 Å². The lowest BCUT2D eigenvalue weighted by Crippen LogP contribution is -2.19. The van der Waals surface area contributed by atoms with E-state index in [1.165, 1.54) is 6.42 Å². The van der Waals surface area contributed by atoms with Crippen molar-refractivity contribution in [3.63, 3.8) is 0 Å². The van der Waals surface area contributed by atoms with Gasteiger partial charge in [-0.1, -0.05) is 41.0 Å². The molecule has 0 aromatic rings. The number of amides is 1. The molecular weight excluding hydrogens is 150 g/mol. The number of carbonyl (C=O) groups is 1. The molecule has 12 heavy (non-hydrogen) atoms. The Morgan fingerprint density at radius 2 is 1.33 bits per heavy atom. The molecule has 0 aliphatic heterocycles. The van der Waals surface area contributed by atoms with Gasteiger partial charge >= 0.3 is 0 Å². The molecule has 0 spiro atoms. The summed E-state index contributed by atoms with van der Waals surface area (Å²) in [7, 11) is 3.51. The van der Waals surface area contributed by atoms with E-state index in [4.69, 9.17) is 0 Å². The Morgan fingerprint density at radius 3 is 1.33 bits per heavy atom. The largest absolute Gasteiger partial charge is 0.349 e. The second kappa shape index (κ2) is 16.8. The summed E-state index contributed by atoms with van der Waals surface area (Å²) in [5.41, 5.74) is 0. The Kier molecular flexibility index (Phi) is 24.6. The normalized spacial score (nSPS) is 6.92. The van der Waals surface area contributed by atoms with Crippen LogP contribution in [-0.2, 0) is 4.79 Å². The van der Waals surface area contributed by atoms with Crippen molar-refractivity contribution in [2.45, 2.75) is 47.5 Å². The first-order valence-corrected chi connectivity index (χ1v) is 4.80. The molecule has 76 valence electrons. The maximum Gasteiger partial charge on any atom is 0.221 e. The van der Waals surface area contributed by atoms with Crippen LogP contribution in [0.2, 0.25) is 0 Å². The molecule has 0 unspecified atom stereocenters. The van der Waals surface area contributed by atoms with Crippen LogP contribution in [0.1, 0.15) is 47.5 Å². The summed E-state index contributed by atoms with van der Waals surface area (Å²) < 4.78 is 0. The zero-order chi connectivity index (χ0) is 10.6. The van der Waals surface area contributed by atoms with Gasteiger partial charge in [-0.2, -0.15) is 0 Å². The van der Waals surface area contributed by atoms with E-state index in [9.17, 15) is 4.79 Å². The van der Waals surface area contributed by atoms with Crippen LogP contribution in [0.15, 0.2) is 0 Å². The highest BCUT2D eigenvalue weighted by Gasteiger charge is 1.95. The van der Waals surface area contributed by atoms with Gasteiger partial charge in [-0.25, -0.2) is 0 Å². The standard InChI is InChI=1S/C5H11NO.C3H8.C2H6/c1-4-5(7)6(2)3;1-3-2;1-2/h4H2,1-3H3;3H2,1-2H3;1-2H3. The van der Waals surface area contributed by atoms with E-state index < -0.39 is 0 Å². The molecule has 2 heteroatoms. The van der Waals surface area contributed by atoms with E-state index in [1.54, 1.807) is 19.0 Å². The number of nitrogens with zero attached hydrogens (tertiary/aromatic N) is 1. The van der Waals surface area contributed by atoms with Gasteiger partial charge in [0.25, 0.3) is 0 Å². The SMILES string of the molecule is CC.CCC.CCC(=O)N(C)C. The van der Waals surface area contributed by atoms with E-state index in [-0.39, 0.29) is 5.91 Å². The fourth-order valence-electron chi connectivity index (χ4n) is 0.316. The highest BCUT2D eigenvalue weighted by atomic mass is 16.2. The van der Waals surface area contributed by atoms with Gasteiger partial charge in [0, 0.05) is 20.5 Å². The average Bonchev–Trinajstić information content (AvgIpc) is 2.08. The summed E-state index contributed by atoms with van der Waals surface area (Å²) in [6, 6.07) is 0. The molecule has 0 N–H and O–H groups in total. The van der Waals surface area contributed by atoms with Crippen molar-refractivity contribution in [1.82, 2.24) is 4.90 Å². The third-order valence-corrected chi connectivity index (χ3v) is 0.801. The van der Waals surface area contributed by atoms with Crippen LogP contribution in [0.3, 0.4) is 0 Å². The Bertz CT molecular complexity index is 79.9. The predicted molar refractivity (Wildman–Crippen MR) is 56.3 cm³/mol. The Balaban J connectivity index is -0.000000137. The van der Waals surface area contributed by atoms with Crippen LogP contribution < -0.4 is 0 Å². The number of rotatable bonds is 1. The molecule has 0 aliphatic rings.